The Balaban J connectivity index is 1.69. The Hall–Kier alpha value is -4.87. The van der Waals surface area contributed by atoms with E-state index in [2.05, 4.69) is 20.1 Å². The van der Waals surface area contributed by atoms with Gasteiger partial charge in [0.2, 0.25) is 25.9 Å². The van der Waals surface area contributed by atoms with Crippen LogP contribution in [0, 0.1) is 8.99 Å². The molecule has 0 saturated heterocycles. The van der Waals surface area contributed by atoms with Gasteiger partial charge in [0.1, 0.15) is 33.1 Å². The fourth-order valence-electron chi connectivity index (χ4n) is 5.94. The molecule has 0 saturated carbocycles. The molecule has 0 aliphatic heterocycles. The SMILES string of the molecule is COc1ccc(CN(Cc2ccc(OC)cc2)S(=O)(=O)c2c(S(=O)(=O)NC[C@H](OC(N)=O)C(O)C(C)(C)C)ccc(I)c2-c2nnn(Cc3ccc(OC)cc3)n2)cc1. The van der Waals surface area contributed by atoms with Crippen molar-refractivity contribution in [2.75, 3.05) is 27.9 Å². The summed E-state index contributed by atoms with van der Waals surface area (Å²) in [6, 6.07) is 23.3. The van der Waals surface area contributed by atoms with Crippen molar-refractivity contribution in [3.05, 3.63) is 105 Å². The maximum atomic E-state index is 15.4. The molecule has 0 bridgehead atoms. The molecule has 20 heteroatoms. The van der Waals surface area contributed by atoms with Crippen LogP contribution in [0.15, 0.2) is 94.7 Å². The minimum Gasteiger partial charge on any atom is -0.497 e. The van der Waals surface area contributed by atoms with Gasteiger partial charge in [0.05, 0.1) is 46.1 Å². The van der Waals surface area contributed by atoms with Crippen LogP contribution in [0.2, 0.25) is 0 Å². The van der Waals surface area contributed by atoms with Gasteiger partial charge >= 0.3 is 6.09 Å². The molecule has 5 aromatic rings. The number of nitrogens with one attached hydrogen (secondary N) is 1. The third-order valence-electron chi connectivity index (χ3n) is 9.14. The lowest BCUT2D eigenvalue weighted by Crippen LogP contribution is -2.48. The third kappa shape index (κ3) is 11.2. The number of aromatic nitrogens is 4. The average molecular weight is 964 g/mol. The van der Waals surface area contributed by atoms with Crippen LogP contribution in [0.3, 0.4) is 0 Å². The molecule has 0 spiro atoms. The molecule has 1 aromatic heterocycles. The van der Waals surface area contributed by atoms with Gasteiger partial charge in [-0.1, -0.05) is 57.2 Å². The molecule has 0 fully saturated rings. The van der Waals surface area contributed by atoms with Crippen LogP contribution in [0.1, 0.15) is 37.5 Å². The van der Waals surface area contributed by atoms with E-state index in [9.17, 15) is 18.3 Å². The second-order valence-electron chi connectivity index (χ2n) is 14.3. The Bertz CT molecular complexity index is 2390. The molecule has 0 aliphatic carbocycles. The van der Waals surface area contributed by atoms with Crippen LogP contribution < -0.4 is 24.7 Å². The highest BCUT2D eigenvalue weighted by atomic mass is 127. The fourth-order valence-corrected chi connectivity index (χ4v) is 10.3. The maximum Gasteiger partial charge on any atom is 0.404 e. The summed E-state index contributed by atoms with van der Waals surface area (Å²) in [6.07, 6.45) is -4.05. The number of ether oxygens (including phenoxy) is 4. The predicted octanol–water partition coefficient (Wildman–Crippen LogP) is 4.56. The highest BCUT2D eigenvalue weighted by molar-refractivity contribution is 14.1. The first kappa shape index (κ1) is 45.2. The molecular formula is C39H46IN7O10S2. The molecule has 1 amide bonds. The number of nitrogens with two attached hydrogens (primary N) is 1. The molecule has 1 heterocycles. The molecule has 1 unspecified atom stereocenters. The summed E-state index contributed by atoms with van der Waals surface area (Å²) in [7, 11) is -5.07. The number of hydrogen-bond donors (Lipinski definition) is 3. The van der Waals surface area contributed by atoms with Crippen LogP contribution in [0.25, 0.3) is 11.4 Å². The minimum absolute atomic E-state index is 0.122. The van der Waals surface area contributed by atoms with E-state index in [1.165, 1.54) is 25.1 Å². The van der Waals surface area contributed by atoms with Crippen molar-refractivity contribution in [2.45, 2.75) is 62.4 Å². The number of hydrogen-bond acceptors (Lipinski definition) is 13. The molecule has 17 nitrogen and oxygen atoms in total. The van der Waals surface area contributed by atoms with E-state index in [1.807, 2.05) is 34.7 Å². The predicted molar refractivity (Wildman–Crippen MR) is 226 cm³/mol. The van der Waals surface area contributed by atoms with Crippen LogP contribution in [-0.2, 0) is 44.4 Å². The van der Waals surface area contributed by atoms with Crippen LogP contribution >= 0.6 is 22.6 Å². The summed E-state index contributed by atoms with van der Waals surface area (Å²) in [5.41, 5.74) is 6.22. The van der Waals surface area contributed by atoms with Gasteiger partial charge in [-0.25, -0.2) is 26.4 Å². The number of aliphatic hydroxyl groups excluding tert-OH is 1. The first-order valence-corrected chi connectivity index (χ1v) is 22.0. The quantitative estimate of drug-likeness (QED) is 0.103. The topological polar surface area (TPSA) is 227 Å². The van der Waals surface area contributed by atoms with Crippen LogP contribution in [0.5, 0.6) is 17.2 Å². The molecule has 5 rings (SSSR count). The second-order valence-corrected chi connectivity index (χ2v) is 19.1. The zero-order valence-corrected chi connectivity index (χ0v) is 37.0. The van der Waals surface area contributed by atoms with Crippen LogP contribution in [-0.4, -0.2) is 92.6 Å². The van der Waals surface area contributed by atoms with Gasteiger partial charge in [0.25, 0.3) is 0 Å². The average Bonchev–Trinajstić information content (AvgIpc) is 3.66. The first-order chi connectivity index (χ1) is 27.9. The minimum atomic E-state index is -4.84. The number of carbonyl (C=O) groups excluding carboxylic acids is 1. The molecule has 2 atom stereocenters. The van der Waals surface area contributed by atoms with E-state index in [-0.39, 0.29) is 31.0 Å². The summed E-state index contributed by atoms with van der Waals surface area (Å²) in [4.78, 5) is 11.8. The largest absolute Gasteiger partial charge is 0.497 e. The van der Waals surface area contributed by atoms with E-state index in [1.54, 1.807) is 88.5 Å². The van der Waals surface area contributed by atoms with E-state index >= 15 is 8.42 Å². The summed E-state index contributed by atoms with van der Waals surface area (Å²) >= 11 is 1.90. The van der Waals surface area contributed by atoms with E-state index in [0.29, 0.717) is 31.9 Å². The second kappa shape index (κ2) is 19.0. The fraction of sp³-hybridized carbons (Fsp3) is 0.333. The zero-order valence-electron chi connectivity index (χ0n) is 33.2. The lowest BCUT2D eigenvalue weighted by Gasteiger charge is -2.32. The molecule has 4 N–H and O–H groups in total. The number of amides is 1. The lowest BCUT2D eigenvalue weighted by molar-refractivity contribution is -0.0458. The van der Waals surface area contributed by atoms with Crippen molar-refractivity contribution in [2.24, 2.45) is 11.1 Å². The third-order valence-corrected chi connectivity index (χ3v) is 13.5. The van der Waals surface area contributed by atoms with E-state index in [4.69, 9.17) is 24.7 Å². The van der Waals surface area contributed by atoms with Gasteiger partial charge in [0.15, 0.2) is 0 Å². The number of carbonyl (C=O) groups is 1. The number of benzene rings is 4. The van der Waals surface area contributed by atoms with Crippen molar-refractivity contribution in [3.63, 3.8) is 0 Å². The normalized spacial score (nSPS) is 13.2. The summed E-state index contributed by atoms with van der Waals surface area (Å²) in [5, 5.41) is 23.9. The molecule has 0 aliphatic rings. The van der Waals surface area contributed by atoms with Gasteiger partial charge in [-0.05, 0) is 98.4 Å². The zero-order chi connectivity index (χ0) is 43.1. The molecule has 59 heavy (non-hydrogen) atoms. The summed E-state index contributed by atoms with van der Waals surface area (Å²) < 4.78 is 84.6. The highest BCUT2D eigenvalue weighted by Crippen LogP contribution is 2.38. The number of tetrazole rings is 1. The summed E-state index contributed by atoms with van der Waals surface area (Å²) in [5.74, 6) is 1.59. The maximum absolute atomic E-state index is 15.4. The first-order valence-electron chi connectivity index (χ1n) is 18.0. The van der Waals surface area contributed by atoms with Gasteiger partial charge in [-0.2, -0.15) is 9.10 Å². The van der Waals surface area contributed by atoms with E-state index < -0.39 is 60.1 Å². The number of nitrogens with zero attached hydrogens (tertiary/aromatic N) is 5. The molecular weight excluding hydrogens is 918 g/mol. The Morgan fingerprint density at radius 3 is 1.78 bits per heavy atom. The van der Waals surface area contributed by atoms with E-state index in [0.717, 1.165) is 15.9 Å². The Morgan fingerprint density at radius 1 is 0.831 bits per heavy atom. The number of aliphatic hydroxyl groups is 1. The van der Waals surface area contributed by atoms with Crippen molar-refractivity contribution in [1.82, 2.24) is 29.2 Å². The Morgan fingerprint density at radius 2 is 1.32 bits per heavy atom. The van der Waals surface area contributed by atoms with Crippen molar-refractivity contribution < 1.29 is 45.7 Å². The monoisotopic (exact) mass is 963 g/mol. The van der Waals surface area contributed by atoms with Gasteiger partial charge in [0, 0.05) is 16.7 Å². The number of methoxy groups -OCH3 is 3. The molecule has 4 aromatic carbocycles. The molecule has 0 radical (unpaired) electrons. The van der Waals surface area contributed by atoms with Gasteiger partial charge < -0.3 is 29.8 Å². The Kier molecular flexibility index (Phi) is 14.6. The standard InChI is InChI=1S/C39H46IN7O10S2/c1-39(2,3)36(48)32(57-38(41)49)21-42-58(50,51)33-20-19-31(40)34(37-43-45-47(44-37)24-27-11-17-30(56-6)18-12-27)35(33)59(52,53)46(22-25-7-13-28(54-4)14-8-25)23-26-9-15-29(55-5)16-10-26/h7-20,32,36,42,48H,21-24H2,1-6H3,(H2,41,49)/t32-,36?/m0/s1. The molecule has 316 valence electrons. The number of primary amides is 1. The number of sulfonamides is 2. The van der Waals surface area contributed by atoms with Gasteiger partial charge in [-0.3, -0.25) is 0 Å². The van der Waals surface area contributed by atoms with Crippen molar-refractivity contribution >= 4 is 48.7 Å². The highest BCUT2D eigenvalue weighted by Gasteiger charge is 2.39. The van der Waals surface area contributed by atoms with Crippen LogP contribution in [0.4, 0.5) is 4.79 Å². The summed E-state index contributed by atoms with van der Waals surface area (Å²) in [6.45, 7) is 4.09. The lowest BCUT2D eigenvalue weighted by atomic mass is 9.86. The number of halogens is 1. The Labute approximate surface area is 357 Å². The van der Waals surface area contributed by atoms with Crippen molar-refractivity contribution in [1.29, 1.82) is 0 Å². The smallest absolute Gasteiger partial charge is 0.404 e. The van der Waals surface area contributed by atoms with Crippen molar-refractivity contribution in [3.8, 4) is 28.6 Å². The number of rotatable bonds is 18. The van der Waals surface area contributed by atoms with Gasteiger partial charge in [-0.15, -0.1) is 10.2 Å².